The van der Waals surface area contributed by atoms with Gasteiger partial charge in [-0.3, -0.25) is 14.4 Å². The highest BCUT2D eigenvalue weighted by Gasteiger charge is 2.72. The molecule has 8 atom stereocenters. The number of amides is 3. The third-order valence-corrected chi connectivity index (χ3v) is 11.2. The molecule has 4 heterocycles. The number of piperidine rings is 1. The van der Waals surface area contributed by atoms with E-state index < -0.39 is 41.3 Å². The van der Waals surface area contributed by atoms with Crippen molar-refractivity contribution in [2.24, 2.45) is 29.6 Å². The molecule has 1 aromatic rings. The summed E-state index contributed by atoms with van der Waals surface area (Å²) in [5.74, 6) is -1.49. The maximum atomic E-state index is 14.3. The summed E-state index contributed by atoms with van der Waals surface area (Å²) in [6.45, 7) is 10.1. The number of hydrogen-bond donors (Lipinski definition) is 2. The Kier molecular flexibility index (Phi) is 8.61. The maximum Gasteiger partial charge on any atom is 0.246 e. The Hall–Kier alpha value is -2.49. The van der Waals surface area contributed by atoms with E-state index in [4.69, 9.17) is 16.3 Å². The molecule has 8 nitrogen and oxygen atoms in total. The van der Waals surface area contributed by atoms with E-state index in [9.17, 15) is 18.8 Å². The van der Waals surface area contributed by atoms with Crippen molar-refractivity contribution in [2.75, 3.05) is 31.5 Å². The van der Waals surface area contributed by atoms with Gasteiger partial charge >= 0.3 is 0 Å². The van der Waals surface area contributed by atoms with E-state index in [0.717, 1.165) is 51.2 Å². The summed E-state index contributed by atoms with van der Waals surface area (Å²) >= 11 is 5.94. The van der Waals surface area contributed by atoms with Crippen LogP contribution in [-0.2, 0) is 19.1 Å². The molecule has 1 aromatic carbocycles. The van der Waals surface area contributed by atoms with Gasteiger partial charge in [-0.1, -0.05) is 57.4 Å². The van der Waals surface area contributed by atoms with Crippen molar-refractivity contribution in [3.63, 3.8) is 0 Å². The van der Waals surface area contributed by atoms with Crippen molar-refractivity contribution in [1.29, 1.82) is 0 Å². The summed E-state index contributed by atoms with van der Waals surface area (Å²) in [6, 6.07) is 3.15. The molecule has 2 bridgehead atoms. The zero-order valence-corrected chi connectivity index (χ0v) is 26.1. The van der Waals surface area contributed by atoms with Crippen LogP contribution in [0.2, 0.25) is 5.02 Å². The van der Waals surface area contributed by atoms with E-state index in [1.807, 2.05) is 12.2 Å². The summed E-state index contributed by atoms with van der Waals surface area (Å²) in [4.78, 5) is 46.3. The van der Waals surface area contributed by atoms with E-state index in [2.05, 4.69) is 36.3 Å². The first-order valence-corrected chi connectivity index (χ1v) is 16.4. The fourth-order valence-corrected chi connectivity index (χ4v) is 8.29. The van der Waals surface area contributed by atoms with Crippen LogP contribution in [0.3, 0.4) is 0 Å². The lowest BCUT2D eigenvalue weighted by Crippen LogP contribution is -2.58. The minimum Gasteiger partial charge on any atom is -0.359 e. The van der Waals surface area contributed by atoms with Crippen molar-refractivity contribution in [1.82, 2.24) is 15.1 Å². The zero-order chi connectivity index (χ0) is 30.5. The van der Waals surface area contributed by atoms with E-state index in [0.29, 0.717) is 24.1 Å². The molecule has 1 saturated carbocycles. The highest BCUT2D eigenvalue weighted by Crippen LogP contribution is 2.55. The Morgan fingerprint density at radius 3 is 2.60 bits per heavy atom. The fourth-order valence-electron chi connectivity index (χ4n) is 8.11. The molecule has 4 fully saturated rings. The molecule has 1 spiro atoms. The molecule has 3 amide bonds. The lowest BCUT2D eigenvalue weighted by molar-refractivity contribution is -0.141. The van der Waals surface area contributed by atoms with Gasteiger partial charge in [-0.25, -0.2) is 4.39 Å². The lowest BCUT2D eigenvalue weighted by atomic mass is 9.73. The predicted octanol–water partition coefficient (Wildman–Crippen LogP) is 4.63. The van der Waals surface area contributed by atoms with Crippen molar-refractivity contribution >= 4 is 35.0 Å². The van der Waals surface area contributed by atoms with Gasteiger partial charge in [-0.05, 0) is 81.3 Å². The normalized spacial score (nSPS) is 35.8. The lowest BCUT2D eigenvalue weighted by Gasteiger charge is -2.38. The Morgan fingerprint density at radius 1 is 1.09 bits per heavy atom. The van der Waals surface area contributed by atoms with Gasteiger partial charge in [0, 0.05) is 18.3 Å². The predicted molar refractivity (Wildman–Crippen MR) is 163 cm³/mol. The Labute approximate surface area is 258 Å². The highest BCUT2D eigenvalue weighted by atomic mass is 35.5. The summed E-state index contributed by atoms with van der Waals surface area (Å²) in [5.41, 5.74) is -0.872. The Balaban J connectivity index is 1.24. The number of fused-ring (bicyclic) bond motifs is 1. The van der Waals surface area contributed by atoms with Crippen LogP contribution in [0.4, 0.5) is 10.1 Å². The molecule has 0 aromatic heterocycles. The maximum absolute atomic E-state index is 14.3. The summed E-state index contributed by atoms with van der Waals surface area (Å²) in [5, 5.41) is 6.02. The average Bonchev–Trinajstić information content (AvgIpc) is 3.62. The molecule has 0 radical (unpaired) electrons. The first-order valence-electron chi connectivity index (χ1n) is 16.1. The number of anilines is 1. The van der Waals surface area contributed by atoms with E-state index in [1.54, 1.807) is 4.90 Å². The summed E-state index contributed by atoms with van der Waals surface area (Å²) < 4.78 is 20.2. The van der Waals surface area contributed by atoms with E-state index >= 15 is 0 Å². The minimum absolute atomic E-state index is 0.0314. The molecule has 2 N–H and O–H groups in total. The molecule has 1 aliphatic carbocycles. The van der Waals surface area contributed by atoms with Crippen LogP contribution in [-0.4, -0.2) is 77.5 Å². The Bertz CT molecular complexity index is 1290. The zero-order valence-electron chi connectivity index (χ0n) is 25.4. The number of nitrogens with zero attached hydrogens (tertiary/aromatic N) is 2. The molecule has 234 valence electrons. The first kappa shape index (κ1) is 30.5. The monoisotopic (exact) mass is 614 g/mol. The van der Waals surface area contributed by atoms with Gasteiger partial charge in [0.1, 0.15) is 17.5 Å². The van der Waals surface area contributed by atoms with Gasteiger partial charge in [-0.15, -0.1) is 0 Å². The second-order valence-electron chi connectivity index (χ2n) is 13.6. The third kappa shape index (κ3) is 5.61. The first-order chi connectivity index (χ1) is 20.6. The second kappa shape index (κ2) is 12.1. The summed E-state index contributed by atoms with van der Waals surface area (Å²) in [6.07, 6.45) is 9.23. The molecular weight excluding hydrogens is 571 g/mol. The second-order valence-corrected chi connectivity index (χ2v) is 14.0. The van der Waals surface area contributed by atoms with E-state index in [1.165, 1.54) is 31.0 Å². The van der Waals surface area contributed by atoms with Crippen LogP contribution in [0, 0.1) is 35.4 Å². The largest absolute Gasteiger partial charge is 0.359 e. The quantitative estimate of drug-likeness (QED) is 0.417. The summed E-state index contributed by atoms with van der Waals surface area (Å²) in [7, 11) is 0. The van der Waals surface area contributed by atoms with Crippen LogP contribution in [0.5, 0.6) is 0 Å². The van der Waals surface area contributed by atoms with Crippen LogP contribution < -0.4 is 10.6 Å². The van der Waals surface area contributed by atoms with Crippen LogP contribution in [0.25, 0.3) is 0 Å². The molecule has 10 heteroatoms. The van der Waals surface area contributed by atoms with Gasteiger partial charge in [0.2, 0.25) is 17.7 Å². The molecule has 5 aliphatic rings. The third-order valence-electron chi connectivity index (χ3n) is 10.9. The number of ether oxygens (including phenoxy) is 1. The van der Waals surface area contributed by atoms with Crippen molar-refractivity contribution in [2.45, 2.75) is 83.1 Å². The van der Waals surface area contributed by atoms with Gasteiger partial charge in [-0.2, -0.15) is 0 Å². The number of carbonyl (C=O) groups excluding carboxylic acids is 3. The minimum atomic E-state index is -1.21. The molecule has 43 heavy (non-hydrogen) atoms. The molecule has 4 aliphatic heterocycles. The van der Waals surface area contributed by atoms with Gasteiger partial charge < -0.3 is 25.2 Å². The van der Waals surface area contributed by atoms with Gasteiger partial charge in [0.25, 0.3) is 0 Å². The number of halogens is 2. The topological polar surface area (TPSA) is 91.0 Å². The molecule has 6 rings (SSSR count). The SMILES string of the molecule is CC1CCN(CCCN2C(=O)[C@@H]3[C@H](C(=O)Nc4ccc(F)c(Cl)c4)[C@@H]4C=C[C@@]3(O4)[C@@H]2C(=O)N[C@@H]2CCC[C@H](C)[C@@H]2C)CC1. The van der Waals surface area contributed by atoms with Crippen molar-refractivity contribution in [3.05, 3.63) is 41.2 Å². The molecule has 0 unspecified atom stereocenters. The number of nitrogens with one attached hydrogen (secondary N) is 2. The van der Waals surface area contributed by atoms with Gasteiger partial charge in [0.15, 0.2) is 0 Å². The number of hydrogen-bond acceptors (Lipinski definition) is 5. The van der Waals surface area contributed by atoms with Crippen LogP contribution >= 0.6 is 11.6 Å². The smallest absolute Gasteiger partial charge is 0.246 e. The van der Waals surface area contributed by atoms with Crippen LogP contribution in [0.1, 0.15) is 59.3 Å². The molecular formula is C33H44ClFN4O4. The van der Waals surface area contributed by atoms with Gasteiger partial charge in [0.05, 0.1) is 23.0 Å². The van der Waals surface area contributed by atoms with Crippen LogP contribution in [0.15, 0.2) is 30.4 Å². The number of likely N-dealkylation sites (tertiary alicyclic amines) is 2. The standard InChI is InChI=1S/C33H44ClFN4O4/c1-19-11-16-38(17-12-19)14-5-15-39-29(31(41)37-25-7-4-6-20(2)21(25)3)33-13-10-26(43-33)27(28(33)32(39)42)30(40)36-22-8-9-24(35)23(34)18-22/h8-10,13,18-21,25-29H,4-7,11-12,14-17H2,1-3H3,(H,36,40)(H,37,41)/t20-,21-,25+,26-,27+,28-,29-,33-/m0/s1. The Morgan fingerprint density at radius 2 is 1.86 bits per heavy atom. The van der Waals surface area contributed by atoms with Crippen molar-refractivity contribution < 1.29 is 23.5 Å². The fraction of sp³-hybridized carbons (Fsp3) is 0.667. The average molecular weight is 615 g/mol. The molecule has 3 saturated heterocycles. The van der Waals surface area contributed by atoms with Crippen molar-refractivity contribution in [3.8, 4) is 0 Å². The number of benzene rings is 1. The van der Waals surface area contributed by atoms with E-state index in [-0.39, 0.29) is 22.9 Å². The highest BCUT2D eigenvalue weighted by molar-refractivity contribution is 6.31. The number of carbonyl (C=O) groups is 3. The number of rotatable bonds is 8.